The molecule has 0 aliphatic carbocycles. The second kappa shape index (κ2) is 6.53. The van der Waals surface area contributed by atoms with Gasteiger partial charge in [0, 0.05) is 19.0 Å². The van der Waals surface area contributed by atoms with Crippen LogP contribution in [0.4, 0.5) is 11.5 Å². The van der Waals surface area contributed by atoms with E-state index < -0.39 is 10.9 Å². The highest BCUT2D eigenvalue weighted by molar-refractivity contribution is 5.66. The molecular formula is C11H15N3O4. The minimum absolute atomic E-state index is 0.0560. The van der Waals surface area contributed by atoms with Gasteiger partial charge in [0.2, 0.25) is 0 Å². The van der Waals surface area contributed by atoms with Gasteiger partial charge in [0.1, 0.15) is 12.0 Å². The van der Waals surface area contributed by atoms with E-state index in [0.717, 1.165) is 0 Å². The van der Waals surface area contributed by atoms with Gasteiger partial charge in [0.15, 0.2) is 0 Å². The maximum Gasteiger partial charge on any atom is 0.303 e. The van der Waals surface area contributed by atoms with Crippen molar-refractivity contribution in [3.8, 4) is 0 Å². The molecule has 0 spiro atoms. The summed E-state index contributed by atoms with van der Waals surface area (Å²) in [6.45, 7) is 2.51. The first-order valence-corrected chi connectivity index (χ1v) is 5.55. The monoisotopic (exact) mass is 253 g/mol. The molecule has 0 aromatic carbocycles. The molecule has 0 radical (unpaired) electrons. The highest BCUT2D eigenvalue weighted by Gasteiger charge is 2.07. The average Bonchev–Trinajstić information content (AvgIpc) is 2.34. The highest BCUT2D eigenvalue weighted by Crippen LogP contribution is 2.13. The SMILES string of the molecule is CC(CCC(=O)O)CNc1ccc([N+](=O)[O-])cn1. The first-order chi connectivity index (χ1) is 8.49. The van der Waals surface area contributed by atoms with Crippen LogP contribution >= 0.6 is 0 Å². The summed E-state index contributed by atoms with van der Waals surface area (Å²) in [6.07, 6.45) is 1.90. The third-order valence-electron chi connectivity index (χ3n) is 2.44. The van der Waals surface area contributed by atoms with E-state index in [4.69, 9.17) is 5.11 Å². The topological polar surface area (TPSA) is 105 Å². The number of aromatic nitrogens is 1. The molecule has 98 valence electrons. The van der Waals surface area contributed by atoms with Gasteiger partial charge in [-0.2, -0.15) is 0 Å². The van der Waals surface area contributed by atoms with Crippen LogP contribution in [0.3, 0.4) is 0 Å². The van der Waals surface area contributed by atoms with Gasteiger partial charge in [-0.1, -0.05) is 6.92 Å². The Kier molecular flexibility index (Phi) is 5.04. The zero-order valence-corrected chi connectivity index (χ0v) is 10.00. The lowest BCUT2D eigenvalue weighted by Crippen LogP contribution is -2.13. The predicted molar refractivity (Wildman–Crippen MR) is 65.4 cm³/mol. The summed E-state index contributed by atoms with van der Waals surface area (Å²) in [5.74, 6) is -0.0730. The Bertz CT molecular complexity index is 419. The van der Waals surface area contributed by atoms with Crippen molar-refractivity contribution in [1.29, 1.82) is 0 Å². The second-order valence-electron chi connectivity index (χ2n) is 4.08. The van der Waals surface area contributed by atoms with Gasteiger partial charge in [-0.25, -0.2) is 4.98 Å². The van der Waals surface area contributed by atoms with Crippen LogP contribution in [0.5, 0.6) is 0 Å². The zero-order valence-electron chi connectivity index (χ0n) is 10.00. The van der Waals surface area contributed by atoms with Crippen LogP contribution < -0.4 is 5.32 Å². The number of carboxylic acids is 1. The van der Waals surface area contributed by atoms with Crippen LogP contribution in [0.25, 0.3) is 0 Å². The maximum absolute atomic E-state index is 10.4. The van der Waals surface area contributed by atoms with E-state index in [2.05, 4.69) is 10.3 Å². The second-order valence-corrected chi connectivity index (χ2v) is 4.08. The van der Waals surface area contributed by atoms with Crippen molar-refractivity contribution in [1.82, 2.24) is 4.98 Å². The molecule has 1 unspecified atom stereocenters. The molecule has 0 fully saturated rings. The number of carboxylic acid groups (broad SMARTS) is 1. The number of carbonyl (C=O) groups is 1. The Morgan fingerprint density at radius 2 is 2.33 bits per heavy atom. The lowest BCUT2D eigenvalue weighted by Gasteiger charge is -2.11. The van der Waals surface area contributed by atoms with Crippen LogP contribution in [0.15, 0.2) is 18.3 Å². The third-order valence-corrected chi connectivity index (χ3v) is 2.44. The van der Waals surface area contributed by atoms with Crippen molar-refractivity contribution in [2.75, 3.05) is 11.9 Å². The van der Waals surface area contributed by atoms with E-state index in [1.165, 1.54) is 18.3 Å². The molecule has 2 N–H and O–H groups in total. The molecule has 0 aliphatic heterocycles. The molecule has 18 heavy (non-hydrogen) atoms. The summed E-state index contributed by atoms with van der Waals surface area (Å²) >= 11 is 0. The Labute approximate surface area is 104 Å². The normalized spacial score (nSPS) is 11.8. The molecule has 1 atom stereocenters. The Hall–Kier alpha value is -2.18. The number of nitro groups is 1. The predicted octanol–water partition coefficient (Wildman–Crippen LogP) is 1.90. The summed E-state index contributed by atoms with van der Waals surface area (Å²) in [4.78, 5) is 24.2. The van der Waals surface area contributed by atoms with Gasteiger partial charge in [-0.3, -0.25) is 14.9 Å². The van der Waals surface area contributed by atoms with Crippen molar-refractivity contribution < 1.29 is 14.8 Å². The number of pyridine rings is 1. The maximum atomic E-state index is 10.4. The number of hydrogen-bond acceptors (Lipinski definition) is 5. The fourth-order valence-corrected chi connectivity index (χ4v) is 1.35. The van der Waals surface area contributed by atoms with Crippen molar-refractivity contribution in [2.24, 2.45) is 5.92 Å². The molecular weight excluding hydrogens is 238 g/mol. The van der Waals surface area contributed by atoms with Crippen molar-refractivity contribution in [3.63, 3.8) is 0 Å². The van der Waals surface area contributed by atoms with E-state index in [-0.39, 0.29) is 18.0 Å². The first kappa shape index (κ1) is 13.9. The highest BCUT2D eigenvalue weighted by atomic mass is 16.6. The van der Waals surface area contributed by atoms with Crippen LogP contribution in [0, 0.1) is 16.0 Å². The minimum Gasteiger partial charge on any atom is -0.481 e. The van der Waals surface area contributed by atoms with Gasteiger partial charge >= 0.3 is 5.97 Å². The van der Waals surface area contributed by atoms with Gasteiger partial charge in [0.25, 0.3) is 5.69 Å². The van der Waals surface area contributed by atoms with E-state index in [1.54, 1.807) is 0 Å². The lowest BCUT2D eigenvalue weighted by molar-refractivity contribution is -0.385. The molecule has 7 heteroatoms. The van der Waals surface area contributed by atoms with Crippen LogP contribution in [0.1, 0.15) is 19.8 Å². The molecule has 1 aromatic rings. The lowest BCUT2D eigenvalue weighted by atomic mass is 10.1. The molecule has 1 rings (SSSR count). The zero-order chi connectivity index (χ0) is 13.5. The van der Waals surface area contributed by atoms with Gasteiger partial charge in [-0.15, -0.1) is 0 Å². The number of nitrogens with zero attached hydrogens (tertiary/aromatic N) is 2. The van der Waals surface area contributed by atoms with Gasteiger partial charge < -0.3 is 10.4 Å². The molecule has 1 aromatic heterocycles. The van der Waals surface area contributed by atoms with E-state index in [1.807, 2.05) is 6.92 Å². The Morgan fingerprint density at radius 1 is 1.61 bits per heavy atom. The quantitative estimate of drug-likeness (QED) is 0.568. The summed E-state index contributed by atoms with van der Waals surface area (Å²) < 4.78 is 0. The standard InChI is InChI=1S/C11H15N3O4/c1-8(2-5-11(15)16)6-12-10-4-3-9(7-13-10)14(17)18/h3-4,7-8H,2,5-6H2,1H3,(H,12,13)(H,15,16). The molecule has 0 aliphatic rings. The van der Waals surface area contributed by atoms with Gasteiger partial charge in [0.05, 0.1) is 4.92 Å². The number of anilines is 1. The molecule has 1 heterocycles. The largest absolute Gasteiger partial charge is 0.481 e. The third kappa shape index (κ3) is 4.77. The first-order valence-electron chi connectivity index (χ1n) is 5.55. The van der Waals surface area contributed by atoms with Crippen LogP contribution in [0.2, 0.25) is 0 Å². The van der Waals surface area contributed by atoms with Crippen LogP contribution in [-0.2, 0) is 4.79 Å². The number of nitrogens with one attached hydrogen (secondary N) is 1. The number of aliphatic carboxylic acids is 1. The van der Waals surface area contributed by atoms with E-state index in [0.29, 0.717) is 18.8 Å². The molecule has 0 saturated heterocycles. The number of hydrogen-bond donors (Lipinski definition) is 2. The fraction of sp³-hybridized carbons (Fsp3) is 0.455. The van der Waals surface area contributed by atoms with E-state index >= 15 is 0 Å². The minimum atomic E-state index is -0.810. The summed E-state index contributed by atoms with van der Waals surface area (Å²) in [7, 11) is 0. The Morgan fingerprint density at radius 3 is 2.83 bits per heavy atom. The summed E-state index contributed by atoms with van der Waals surface area (Å²) in [5.41, 5.74) is -0.0560. The molecule has 7 nitrogen and oxygen atoms in total. The average molecular weight is 253 g/mol. The van der Waals surface area contributed by atoms with Gasteiger partial charge in [-0.05, 0) is 18.4 Å². The molecule has 0 bridgehead atoms. The Balaban J connectivity index is 2.39. The molecule has 0 amide bonds. The summed E-state index contributed by atoms with van der Waals surface area (Å²) in [6, 6.07) is 2.90. The van der Waals surface area contributed by atoms with Crippen molar-refractivity contribution in [2.45, 2.75) is 19.8 Å². The fourth-order valence-electron chi connectivity index (χ4n) is 1.35. The molecule has 0 saturated carbocycles. The number of rotatable bonds is 7. The van der Waals surface area contributed by atoms with Crippen LogP contribution in [-0.4, -0.2) is 27.5 Å². The van der Waals surface area contributed by atoms with E-state index in [9.17, 15) is 14.9 Å². The summed E-state index contributed by atoms with van der Waals surface area (Å²) in [5, 5.41) is 22.0. The van der Waals surface area contributed by atoms with Crippen molar-refractivity contribution in [3.05, 3.63) is 28.4 Å². The smallest absolute Gasteiger partial charge is 0.303 e. The van der Waals surface area contributed by atoms with Crippen molar-refractivity contribution >= 4 is 17.5 Å².